The predicted octanol–water partition coefficient (Wildman–Crippen LogP) is 11.2. The Hall–Kier alpha value is -9.14. The standard InChI is InChI=1S/C61H36B2N4O4/c1-5-19-47-38(13-1)42-31-35(27-29-48(42)66(47)52-23-12-17-44-60(52)69-56-26-11-16-41-39-14-2-9-24-53(39)70-62(44)58(41)56)36-28-30-55-45(32-36)63-59-43(40-15-3-10-25-54(40)71-63)33-37(34-57(59)68-55)65-50-21-7-8-22-51(50)67-49-20-6-4-18-46(49)64-61(65)67/h1-34,46,49H. The van der Waals surface area contributed by atoms with Crippen molar-refractivity contribution in [3.05, 3.63) is 206 Å². The monoisotopic (exact) mass is 910 g/mol. The topological polar surface area (TPSA) is 60.7 Å². The number of nitrogens with zero attached hydrogens (tertiary/aromatic N) is 4. The lowest BCUT2D eigenvalue weighted by molar-refractivity contribution is 0.477. The second-order valence-corrected chi connectivity index (χ2v) is 19.2. The SMILES string of the molecule is C1=CC2N=C3N(c4cc5c6c(c4)-c4ccccc4OB6c4cc(-c6ccc7c(c6)c6ccccc6n7-c6cccc7c6Oc6cccc8c6B7Oc6ccccc6-8)ccc4O5)c4ccccc4N3C2C=C1. The number of benzene rings is 9. The summed E-state index contributed by atoms with van der Waals surface area (Å²) in [6, 6.07) is 64.6. The number of allylic oxidation sites excluding steroid dienone is 2. The third kappa shape index (κ3) is 5.07. The summed E-state index contributed by atoms with van der Waals surface area (Å²) in [5, 5.41) is 2.31. The highest BCUT2D eigenvalue weighted by Gasteiger charge is 2.47. The van der Waals surface area contributed by atoms with Crippen LogP contribution in [0.15, 0.2) is 211 Å². The zero-order valence-corrected chi connectivity index (χ0v) is 37.9. The zero-order chi connectivity index (χ0) is 46.1. The van der Waals surface area contributed by atoms with Gasteiger partial charge in [0.25, 0.3) is 0 Å². The van der Waals surface area contributed by atoms with Gasteiger partial charge < -0.3 is 28.2 Å². The van der Waals surface area contributed by atoms with Crippen LogP contribution in [-0.2, 0) is 0 Å². The highest BCUT2D eigenvalue weighted by Crippen LogP contribution is 2.50. The molecule has 0 N–H and O–H groups in total. The number of hydrogen-bond donors (Lipinski definition) is 0. The molecule has 0 radical (unpaired) electrons. The van der Waals surface area contributed by atoms with E-state index in [1.165, 1.54) is 0 Å². The van der Waals surface area contributed by atoms with Crippen LogP contribution in [0.5, 0.6) is 34.5 Å². The van der Waals surface area contributed by atoms with Crippen molar-refractivity contribution in [1.82, 2.24) is 4.57 Å². The molecule has 6 aliphatic heterocycles. The molecule has 7 heterocycles. The van der Waals surface area contributed by atoms with Gasteiger partial charge in [-0.15, -0.1) is 0 Å². The second kappa shape index (κ2) is 13.8. The van der Waals surface area contributed by atoms with Gasteiger partial charge in [-0.05, 0) is 89.0 Å². The van der Waals surface area contributed by atoms with Crippen LogP contribution in [0.1, 0.15) is 0 Å². The number of fused-ring (bicyclic) bond motifs is 16. The minimum atomic E-state index is -0.380. The van der Waals surface area contributed by atoms with Gasteiger partial charge in [-0.1, -0.05) is 133 Å². The molecule has 0 fully saturated rings. The predicted molar refractivity (Wildman–Crippen MR) is 286 cm³/mol. The third-order valence-corrected chi connectivity index (χ3v) is 15.5. The summed E-state index contributed by atoms with van der Waals surface area (Å²) in [6.45, 7) is -0.676. The van der Waals surface area contributed by atoms with Crippen LogP contribution in [0, 0.1) is 0 Å². The fourth-order valence-electron chi connectivity index (χ4n) is 12.5. The van der Waals surface area contributed by atoms with Crippen molar-refractivity contribution in [1.29, 1.82) is 0 Å². The molecule has 2 unspecified atom stereocenters. The Bertz CT molecular complexity index is 4160. The maximum Gasteiger partial charge on any atom is 0.434 e. The Kier molecular flexibility index (Phi) is 7.33. The highest BCUT2D eigenvalue weighted by molar-refractivity contribution is 6.85. The number of para-hydroxylation sites is 6. The van der Waals surface area contributed by atoms with Crippen LogP contribution >= 0.6 is 0 Å². The normalized spacial score (nSPS) is 17.3. The number of rotatable bonds is 3. The smallest absolute Gasteiger partial charge is 0.434 e. The number of guanidine groups is 1. The zero-order valence-electron chi connectivity index (χ0n) is 37.9. The molecule has 0 amide bonds. The molecule has 17 rings (SSSR count). The lowest BCUT2D eigenvalue weighted by Gasteiger charge is -2.34. The molecule has 1 aromatic heterocycles. The Morgan fingerprint density at radius 3 is 2.03 bits per heavy atom. The lowest BCUT2D eigenvalue weighted by atomic mass is 9.50. The average Bonchev–Trinajstić information content (AvgIpc) is 4.07. The minimum absolute atomic E-state index is 0.0508. The molecule has 8 nitrogen and oxygen atoms in total. The summed E-state index contributed by atoms with van der Waals surface area (Å²) in [5.74, 6) is 5.84. The van der Waals surface area contributed by atoms with Crippen molar-refractivity contribution in [3.8, 4) is 73.6 Å². The maximum atomic E-state index is 7.04. The average molecular weight is 911 g/mol. The first kappa shape index (κ1) is 37.8. The summed E-state index contributed by atoms with van der Waals surface area (Å²) in [5.41, 5.74) is 17.0. The molecule has 0 bridgehead atoms. The van der Waals surface area contributed by atoms with E-state index in [9.17, 15) is 0 Å². The number of hydrogen-bond acceptors (Lipinski definition) is 7. The molecule has 71 heavy (non-hydrogen) atoms. The van der Waals surface area contributed by atoms with Crippen molar-refractivity contribution in [2.24, 2.45) is 4.99 Å². The fraction of sp³-hybridized carbons (Fsp3) is 0.0328. The molecule has 10 aromatic rings. The van der Waals surface area contributed by atoms with Gasteiger partial charge in [0.05, 0.1) is 45.9 Å². The molecule has 10 heteroatoms. The van der Waals surface area contributed by atoms with E-state index < -0.39 is 0 Å². The Morgan fingerprint density at radius 1 is 0.451 bits per heavy atom. The summed E-state index contributed by atoms with van der Waals surface area (Å²) in [4.78, 5) is 9.98. The van der Waals surface area contributed by atoms with E-state index >= 15 is 0 Å². The van der Waals surface area contributed by atoms with Gasteiger partial charge >= 0.3 is 13.8 Å². The summed E-state index contributed by atoms with van der Waals surface area (Å²) < 4.78 is 30.2. The molecule has 0 saturated heterocycles. The first-order valence-corrected chi connectivity index (χ1v) is 24.3. The summed E-state index contributed by atoms with van der Waals surface area (Å²) in [7, 11) is 0. The molecular formula is C61H36B2N4O4. The van der Waals surface area contributed by atoms with E-state index in [0.29, 0.717) is 0 Å². The highest BCUT2D eigenvalue weighted by atomic mass is 16.5. The quantitative estimate of drug-likeness (QED) is 0.165. The first-order chi connectivity index (χ1) is 35.2. The third-order valence-electron chi connectivity index (χ3n) is 15.5. The van der Waals surface area contributed by atoms with Crippen molar-refractivity contribution < 1.29 is 18.8 Å². The molecular weight excluding hydrogens is 874 g/mol. The van der Waals surface area contributed by atoms with Crippen molar-refractivity contribution in [3.63, 3.8) is 0 Å². The van der Waals surface area contributed by atoms with Crippen LogP contribution < -0.4 is 50.4 Å². The molecule has 330 valence electrons. The molecule has 1 aliphatic carbocycles. The van der Waals surface area contributed by atoms with Gasteiger partial charge in [-0.3, -0.25) is 4.90 Å². The molecule has 9 aromatic carbocycles. The summed E-state index contributed by atoms with van der Waals surface area (Å²) >= 11 is 0. The van der Waals surface area contributed by atoms with Gasteiger partial charge in [0.1, 0.15) is 34.5 Å². The molecule has 7 aliphatic rings. The molecule has 0 saturated carbocycles. The van der Waals surface area contributed by atoms with E-state index in [1.54, 1.807) is 0 Å². The fourth-order valence-corrected chi connectivity index (χ4v) is 12.5. The van der Waals surface area contributed by atoms with Crippen molar-refractivity contribution in [2.75, 3.05) is 9.80 Å². The van der Waals surface area contributed by atoms with Crippen LogP contribution in [0.25, 0.3) is 60.9 Å². The first-order valence-electron chi connectivity index (χ1n) is 24.3. The van der Waals surface area contributed by atoms with Crippen molar-refractivity contribution >= 4 is 80.5 Å². The van der Waals surface area contributed by atoms with E-state index in [1.807, 2.05) is 6.07 Å². The van der Waals surface area contributed by atoms with Gasteiger partial charge in [0.2, 0.25) is 5.96 Å². The second-order valence-electron chi connectivity index (χ2n) is 19.2. The van der Waals surface area contributed by atoms with Crippen LogP contribution in [0.4, 0.5) is 17.1 Å². The van der Waals surface area contributed by atoms with Crippen LogP contribution in [0.3, 0.4) is 0 Å². The molecule has 2 atom stereocenters. The number of aromatic nitrogens is 1. The largest absolute Gasteiger partial charge is 0.551 e. The van der Waals surface area contributed by atoms with E-state index in [2.05, 4.69) is 215 Å². The van der Waals surface area contributed by atoms with Gasteiger partial charge in [-0.2, -0.15) is 0 Å². The number of aliphatic imine (C=N–C) groups is 1. The Morgan fingerprint density at radius 2 is 1.13 bits per heavy atom. The van der Waals surface area contributed by atoms with Gasteiger partial charge in [-0.25, -0.2) is 4.99 Å². The van der Waals surface area contributed by atoms with Crippen LogP contribution in [-0.4, -0.2) is 36.4 Å². The minimum Gasteiger partial charge on any atom is -0.551 e. The number of anilines is 3. The van der Waals surface area contributed by atoms with Crippen LogP contribution in [0.2, 0.25) is 0 Å². The van der Waals surface area contributed by atoms with Crippen molar-refractivity contribution in [2.45, 2.75) is 12.1 Å². The Balaban J connectivity index is 0.776. The van der Waals surface area contributed by atoms with Gasteiger partial charge in [0.15, 0.2) is 0 Å². The van der Waals surface area contributed by atoms with E-state index in [-0.39, 0.29) is 25.9 Å². The lowest BCUT2D eigenvalue weighted by Crippen LogP contribution is -2.53. The van der Waals surface area contributed by atoms with E-state index in [4.69, 9.17) is 23.8 Å². The summed E-state index contributed by atoms with van der Waals surface area (Å²) in [6.07, 6.45) is 8.68. The van der Waals surface area contributed by atoms with Gasteiger partial charge in [0, 0.05) is 49.8 Å². The Labute approximate surface area is 408 Å². The number of ether oxygens (including phenoxy) is 2. The van der Waals surface area contributed by atoms with E-state index in [0.717, 1.165) is 140 Å². The maximum absolute atomic E-state index is 7.04. The molecule has 0 spiro atoms.